The van der Waals surface area contributed by atoms with E-state index < -0.39 is 0 Å². The zero-order chi connectivity index (χ0) is 10.9. The van der Waals surface area contributed by atoms with E-state index in [1.54, 1.807) is 6.26 Å². The van der Waals surface area contributed by atoms with E-state index in [4.69, 9.17) is 4.42 Å². The van der Waals surface area contributed by atoms with Crippen molar-refractivity contribution in [2.75, 3.05) is 13.1 Å². The third-order valence-corrected chi connectivity index (χ3v) is 3.37. The summed E-state index contributed by atoms with van der Waals surface area (Å²) in [5.41, 5.74) is 0.0552. The first-order valence-electron chi connectivity index (χ1n) is 5.51. The van der Waals surface area contributed by atoms with Crippen LogP contribution in [0.5, 0.6) is 0 Å². The maximum atomic E-state index is 9.96. The van der Waals surface area contributed by atoms with Gasteiger partial charge in [-0.1, -0.05) is 13.8 Å². The van der Waals surface area contributed by atoms with E-state index in [-0.39, 0.29) is 11.5 Å². The van der Waals surface area contributed by atoms with E-state index in [1.807, 2.05) is 12.1 Å². The number of aliphatic hydroxyl groups is 1. The molecule has 1 unspecified atom stereocenters. The molecule has 0 bridgehead atoms. The van der Waals surface area contributed by atoms with E-state index >= 15 is 0 Å². The standard InChI is InChI=1S/C12H19NO2/c1-12(2)5-6-13(9-11(12)14)8-10-4-3-7-15-10/h3-4,7,11,14H,5-6,8-9H2,1-2H3. The molecule has 0 radical (unpaired) electrons. The summed E-state index contributed by atoms with van der Waals surface area (Å²) in [5.74, 6) is 0.974. The Labute approximate surface area is 90.7 Å². The van der Waals surface area contributed by atoms with E-state index in [0.717, 1.165) is 31.8 Å². The SMILES string of the molecule is CC1(C)CCN(Cc2ccco2)CC1O. The predicted octanol–water partition coefficient (Wildman–Crippen LogP) is 1.87. The molecule has 0 saturated carbocycles. The first kappa shape index (κ1) is 10.7. The third kappa shape index (κ3) is 2.41. The summed E-state index contributed by atoms with van der Waals surface area (Å²) >= 11 is 0. The Morgan fingerprint density at radius 2 is 2.40 bits per heavy atom. The highest BCUT2D eigenvalue weighted by atomic mass is 16.3. The lowest BCUT2D eigenvalue weighted by Gasteiger charge is -2.40. The highest BCUT2D eigenvalue weighted by Crippen LogP contribution is 2.30. The van der Waals surface area contributed by atoms with Gasteiger partial charge in [-0.05, 0) is 30.5 Å². The molecule has 0 aromatic carbocycles. The zero-order valence-electron chi connectivity index (χ0n) is 9.44. The molecule has 0 amide bonds. The van der Waals surface area contributed by atoms with Crippen LogP contribution in [-0.4, -0.2) is 29.2 Å². The summed E-state index contributed by atoms with van der Waals surface area (Å²) in [7, 11) is 0. The summed E-state index contributed by atoms with van der Waals surface area (Å²) < 4.78 is 5.30. The molecule has 1 aromatic heterocycles. The Hall–Kier alpha value is -0.800. The molecule has 1 aliphatic rings. The molecule has 1 saturated heterocycles. The number of hydrogen-bond acceptors (Lipinski definition) is 3. The average Bonchev–Trinajstić information content (AvgIpc) is 2.65. The van der Waals surface area contributed by atoms with Crippen LogP contribution in [0.25, 0.3) is 0 Å². The van der Waals surface area contributed by atoms with Crippen molar-refractivity contribution in [3.05, 3.63) is 24.2 Å². The number of aliphatic hydroxyl groups excluding tert-OH is 1. The molecular formula is C12H19NO2. The Bertz CT molecular complexity index is 305. The Kier molecular flexibility index (Phi) is 2.85. The average molecular weight is 209 g/mol. The van der Waals surface area contributed by atoms with E-state index in [0.29, 0.717) is 0 Å². The van der Waals surface area contributed by atoms with Crippen molar-refractivity contribution < 1.29 is 9.52 Å². The van der Waals surface area contributed by atoms with Crippen LogP contribution in [-0.2, 0) is 6.54 Å². The fourth-order valence-electron chi connectivity index (χ4n) is 1.96. The van der Waals surface area contributed by atoms with Gasteiger partial charge in [0.15, 0.2) is 0 Å². The van der Waals surface area contributed by atoms with Crippen molar-refractivity contribution in [3.63, 3.8) is 0 Å². The fourth-order valence-corrected chi connectivity index (χ4v) is 1.96. The van der Waals surface area contributed by atoms with Gasteiger partial charge in [0.1, 0.15) is 5.76 Å². The summed E-state index contributed by atoms with van der Waals surface area (Å²) in [6.45, 7) is 6.84. The normalized spacial score (nSPS) is 26.7. The monoisotopic (exact) mass is 209 g/mol. The Morgan fingerprint density at radius 1 is 1.60 bits per heavy atom. The molecule has 1 aliphatic heterocycles. The minimum Gasteiger partial charge on any atom is -0.468 e. The second-order valence-corrected chi connectivity index (χ2v) is 5.07. The van der Waals surface area contributed by atoms with E-state index in [1.165, 1.54) is 0 Å². The molecule has 1 fully saturated rings. The molecule has 0 spiro atoms. The number of rotatable bonds is 2. The third-order valence-electron chi connectivity index (χ3n) is 3.37. The molecule has 1 aromatic rings. The van der Waals surface area contributed by atoms with Gasteiger partial charge in [-0.3, -0.25) is 4.90 Å². The van der Waals surface area contributed by atoms with Crippen LogP contribution in [0, 0.1) is 5.41 Å². The van der Waals surface area contributed by atoms with Crippen LogP contribution in [0.4, 0.5) is 0 Å². The number of nitrogens with zero attached hydrogens (tertiary/aromatic N) is 1. The molecule has 15 heavy (non-hydrogen) atoms. The summed E-state index contributed by atoms with van der Waals surface area (Å²) in [4.78, 5) is 2.24. The first-order chi connectivity index (χ1) is 7.08. The van der Waals surface area contributed by atoms with Crippen LogP contribution in [0.3, 0.4) is 0 Å². The Morgan fingerprint density at radius 3 is 3.00 bits per heavy atom. The minimum absolute atomic E-state index is 0.0552. The van der Waals surface area contributed by atoms with Crippen LogP contribution in [0.2, 0.25) is 0 Å². The van der Waals surface area contributed by atoms with Crippen molar-refractivity contribution in [1.29, 1.82) is 0 Å². The highest BCUT2D eigenvalue weighted by molar-refractivity contribution is 4.99. The van der Waals surface area contributed by atoms with Gasteiger partial charge >= 0.3 is 0 Å². The Balaban J connectivity index is 1.92. The van der Waals surface area contributed by atoms with Gasteiger partial charge in [0, 0.05) is 6.54 Å². The van der Waals surface area contributed by atoms with Crippen LogP contribution in [0.15, 0.2) is 22.8 Å². The maximum absolute atomic E-state index is 9.96. The molecule has 84 valence electrons. The van der Waals surface area contributed by atoms with Gasteiger partial charge in [-0.2, -0.15) is 0 Å². The summed E-state index contributed by atoms with van der Waals surface area (Å²) in [5, 5.41) is 9.96. The number of likely N-dealkylation sites (tertiary alicyclic amines) is 1. The molecule has 3 heteroatoms. The fraction of sp³-hybridized carbons (Fsp3) is 0.667. The van der Waals surface area contributed by atoms with Crippen molar-refractivity contribution in [1.82, 2.24) is 4.90 Å². The molecule has 3 nitrogen and oxygen atoms in total. The second kappa shape index (κ2) is 3.99. The van der Waals surface area contributed by atoms with E-state index in [2.05, 4.69) is 18.7 Å². The molecule has 1 atom stereocenters. The quantitative estimate of drug-likeness (QED) is 0.808. The van der Waals surface area contributed by atoms with Gasteiger partial charge in [-0.25, -0.2) is 0 Å². The van der Waals surface area contributed by atoms with Gasteiger partial charge in [0.2, 0.25) is 0 Å². The van der Waals surface area contributed by atoms with Crippen molar-refractivity contribution in [2.24, 2.45) is 5.41 Å². The first-order valence-corrected chi connectivity index (χ1v) is 5.51. The lowest BCUT2D eigenvalue weighted by Crippen LogP contribution is -2.47. The second-order valence-electron chi connectivity index (χ2n) is 5.07. The van der Waals surface area contributed by atoms with Crippen LogP contribution in [0.1, 0.15) is 26.0 Å². The highest BCUT2D eigenvalue weighted by Gasteiger charge is 2.34. The van der Waals surface area contributed by atoms with Crippen LogP contribution < -0.4 is 0 Å². The number of furan rings is 1. The lowest BCUT2D eigenvalue weighted by molar-refractivity contribution is -0.0294. The van der Waals surface area contributed by atoms with Gasteiger partial charge in [0.05, 0.1) is 18.9 Å². The zero-order valence-corrected chi connectivity index (χ0v) is 9.44. The predicted molar refractivity (Wildman–Crippen MR) is 58.4 cm³/mol. The van der Waals surface area contributed by atoms with Crippen molar-refractivity contribution in [2.45, 2.75) is 32.9 Å². The number of hydrogen-bond donors (Lipinski definition) is 1. The molecule has 2 rings (SSSR count). The molecule has 2 heterocycles. The van der Waals surface area contributed by atoms with Crippen LogP contribution >= 0.6 is 0 Å². The van der Waals surface area contributed by atoms with Gasteiger partial charge < -0.3 is 9.52 Å². The molecule has 0 aliphatic carbocycles. The lowest BCUT2D eigenvalue weighted by atomic mass is 9.80. The van der Waals surface area contributed by atoms with Gasteiger partial charge in [-0.15, -0.1) is 0 Å². The topological polar surface area (TPSA) is 36.6 Å². The minimum atomic E-state index is -0.235. The van der Waals surface area contributed by atoms with Crippen molar-refractivity contribution >= 4 is 0 Å². The smallest absolute Gasteiger partial charge is 0.117 e. The number of piperidine rings is 1. The van der Waals surface area contributed by atoms with Crippen molar-refractivity contribution in [3.8, 4) is 0 Å². The maximum Gasteiger partial charge on any atom is 0.117 e. The summed E-state index contributed by atoms with van der Waals surface area (Å²) in [6.07, 6.45) is 2.50. The molecular weight excluding hydrogens is 190 g/mol. The summed E-state index contributed by atoms with van der Waals surface area (Å²) in [6, 6.07) is 3.88. The van der Waals surface area contributed by atoms with Gasteiger partial charge in [0.25, 0.3) is 0 Å². The van der Waals surface area contributed by atoms with E-state index in [9.17, 15) is 5.11 Å². The number of β-amino-alcohol motifs (C(OH)–C–C–N with tert-alkyl or cyclic N) is 1. The molecule has 1 N–H and O–H groups in total. The largest absolute Gasteiger partial charge is 0.468 e.